The minimum atomic E-state index is -0.469. The number of hydrogen-bond donors (Lipinski definition) is 0. The van der Waals surface area contributed by atoms with Crippen LogP contribution in [0.25, 0.3) is 16.9 Å². The monoisotopic (exact) mass is 516 g/mol. The Hall–Kier alpha value is -4.11. The molecule has 0 aliphatic carbocycles. The van der Waals surface area contributed by atoms with Crippen LogP contribution in [0, 0.1) is 0 Å². The molecule has 1 saturated heterocycles. The first-order valence-corrected chi connectivity index (χ1v) is 13.1. The molecule has 3 heterocycles. The lowest BCUT2D eigenvalue weighted by Crippen LogP contribution is -2.48. The Bertz CT molecular complexity index is 1370. The van der Waals surface area contributed by atoms with Crippen molar-refractivity contribution in [3.8, 4) is 22.7 Å². The molecule has 2 aromatic carbocycles. The molecule has 0 unspecified atom stereocenters. The molecule has 0 atom stereocenters. The zero-order chi connectivity index (χ0) is 25.8. The Morgan fingerprint density at radius 2 is 1.73 bits per heavy atom. The normalized spacial score (nSPS) is 13.5. The maximum Gasteiger partial charge on any atom is 0.358 e. The van der Waals surface area contributed by atoms with Crippen LogP contribution >= 0.6 is 11.3 Å². The minimum Gasteiger partial charge on any atom is -0.494 e. The Kier molecular flexibility index (Phi) is 7.23. The summed E-state index contributed by atoms with van der Waals surface area (Å²) in [6.45, 7) is 4.94. The summed E-state index contributed by atoms with van der Waals surface area (Å²) < 4.78 is 12.5. The van der Waals surface area contributed by atoms with Crippen LogP contribution < -0.4 is 9.64 Å². The SMILES string of the molecule is CCOC(=O)c1cc(-c2ccc(N3CCN(C(=O)c4cccs4)CC3)cc2)n(-c2ccccc2OC)n1. The highest BCUT2D eigenvalue weighted by Gasteiger charge is 2.24. The van der Waals surface area contributed by atoms with Gasteiger partial charge in [-0.3, -0.25) is 4.79 Å². The quantitative estimate of drug-likeness (QED) is 0.330. The molecule has 1 aliphatic rings. The van der Waals surface area contributed by atoms with Crippen molar-refractivity contribution in [1.82, 2.24) is 14.7 Å². The zero-order valence-electron chi connectivity index (χ0n) is 20.8. The number of benzene rings is 2. The zero-order valence-corrected chi connectivity index (χ0v) is 21.6. The average molecular weight is 517 g/mol. The molecule has 0 bridgehead atoms. The fourth-order valence-electron chi connectivity index (χ4n) is 4.45. The van der Waals surface area contributed by atoms with Crippen LogP contribution in [0.5, 0.6) is 5.75 Å². The Morgan fingerprint density at radius 3 is 2.41 bits per heavy atom. The summed E-state index contributed by atoms with van der Waals surface area (Å²) in [6, 6.07) is 21.3. The maximum absolute atomic E-state index is 12.7. The second-order valence-electron chi connectivity index (χ2n) is 8.52. The molecule has 2 aromatic heterocycles. The van der Waals surface area contributed by atoms with E-state index in [1.807, 2.05) is 58.8 Å². The van der Waals surface area contributed by atoms with E-state index >= 15 is 0 Å². The van der Waals surface area contributed by atoms with Crippen molar-refractivity contribution in [2.45, 2.75) is 6.92 Å². The van der Waals surface area contributed by atoms with Crippen LogP contribution in [0.4, 0.5) is 5.69 Å². The van der Waals surface area contributed by atoms with E-state index in [4.69, 9.17) is 9.47 Å². The van der Waals surface area contributed by atoms with Gasteiger partial charge in [0, 0.05) is 37.4 Å². The molecule has 1 aliphatic heterocycles. The first-order chi connectivity index (χ1) is 18.1. The number of aromatic nitrogens is 2. The van der Waals surface area contributed by atoms with Gasteiger partial charge in [0.25, 0.3) is 5.91 Å². The molecule has 0 spiro atoms. The van der Waals surface area contributed by atoms with Gasteiger partial charge in [-0.05, 0) is 48.7 Å². The fraction of sp³-hybridized carbons (Fsp3) is 0.250. The van der Waals surface area contributed by atoms with Gasteiger partial charge in [-0.25, -0.2) is 9.48 Å². The molecule has 0 radical (unpaired) electrons. The number of esters is 1. The summed E-state index contributed by atoms with van der Waals surface area (Å²) in [5.41, 5.74) is 3.71. The molecule has 190 valence electrons. The average Bonchev–Trinajstić information content (AvgIpc) is 3.64. The fourth-order valence-corrected chi connectivity index (χ4v) is 5.14. The van der Waals surface area contributed by atoms with Gasteiger partial charge in [0.1, 0.15) is 11.4 Å². The van der Waals surface area contributed by atoms with E-state index in [1.165, 1.54) is 11.3 Å². The van der Waals surface area contributed by atoms with Crippen molar-refractivity contribution in [3.05, 3.63) is 82.7 Å². The van der Waals surface area contributed by atoms with Gasteiger partial charge in [-0.2, -0.15) is 5.10 Å². The van der Waals surface area contributed by atoms with Gasteiger partial charge in [0.05, 0.1) is 24.3 Å². The van der Waals surface area contributed by atoms with Gasteiger partial charge >= 0.3 is 5.97 Å². The van der Waals surface area contributed by atoms with E-state index < -0.39 is 5.97 Å². The highest BCUT2D eigenvalue weighted by atomic mass is 32.1. The lowest BCUT2D eigenvalue weighted by molar-refractivity contribution is 0.0518. The van der Waals surface area contributed by atoms with E-state index in [1.54, 1.807) is 24.8 Å². The minimum absolute atomic E-state index is 0.104. The van der Waals surface area contributed by atoms with Gasteiger partial charge in [0.2, 0.25) is 0 Å². The smallest absolute Gasteiger partial charge is 0.358 e. The van der Waals surface area contributed by atoms with Gasteiger partial charge in [-0.15, -0.1) is 11.3 Å². The van der Waals surface area contributed by atoms with Crippen molar-refractivity contribution in [1.29, 1.82) is 0 Å². The summed E-state index contributed by atoms with van der Waals surface area (Å²) in [7, 11) is 1.61. The molecule has 37 heavy (non-hydrogen) atoms. The molecule has 4 aromatic rings. The third-order valence-electron chi connectivity index (χ3n) is 6.33. The van der Waals surface area contributed by atoms with Gasteiger partial charge in [-0.1, -0.05) is 30.3 Å². The maximum atomic E-state index is 12.7. The number of para-hydroxylation sites is 2. The van der Waals surface area contributed by atoms with Crippen molar-refractivity contribution < 1.29 is 19.1 Å². The number of hydrogen-bond acceptors (Lipinski definition) is 7. The Balaban J connectivity index is 1.38. The number of thiophene rings is 1. The second kappa shape index (κ2) is 10.9. The first-order valence-electron chi connectivity index (χ1n) is 12.2. The number of anilines is 1. The summed E-state index contributed by atoms with van der Waals surface area (Å²) in [5.74, 6) is 0.282. The number of nitrogens with zero attached hydrogens (tertiary/aromatic N) is 4. The predicted molar refractivity (Wildman–Crippen MR) is 144 cm³/mol. The Morgan fingerprint density at radius 1 is 0.973 bits per heavy atom. The highest BCUT2D eigenvalue weighted by Crippen LogP contribution is 2.31. The lowest BCUT2D eigenvalue weighted by Gasteiger charge is -2.36. The number of amides is 1. The summed E-state index contributed by atoms with van der Waals surface area (Å²) in [5, 5.41) is 6.49. The molecule has 8 nitrogen and oxygen atoms in total. The number of carbonyl (C=O) groups excluding carboxylic acids is 2. The first kappa shape index (κ1) is 24.6. The third kappa shape index (κ3) is 5.08. The van der Waals surface area contributed by atoms with Gasteiger partial charge in [0.15, 0.2) is 5.69 Å². The van der Waals surface area contributed by atoms with Crippen molar-refractivity contribution in [3.63, 3.8) is 0 Å². The number of piperazine rings is 1. The third-order valence-corrected chi connectivity index (χ3v) is 7.19. The van der Waals surface area contributed by atoms with Crippen LogP contribution in [-0.4, -0.2) is 66.5 Å². The van der Waals surface area contributed by atoms with Gasteiger partial charge < -0.3 is 19.3 Å². The van der Waals surface area contributed by atoms with Crippen LogP contribution in [0.1, 0.15) is 27.1 Å². The number of rotatable bonds is 7. The Labute approximate surface area is 219 Å². The number of methoxy groups -OCH3 is 1. The van der Waals surface area contributed by atoms with E-state index in [0.29, 0.717) is 18.8 Å². The van der Waals surface area contributed by atoms with Crippen molar-refractivity contribution in [2.75, 3.05) is 44.8 Å². The second-order valence-corrected chi connectivity index (χ2v) is 9.47. The van der Waals surface area contributed by atoms with E-state index in [2.05, 4.69) is 22.1 Å². The summed E-state index contributed by atoms with van der Waals surface area (Å²) >= 11 is 1.48. The van der Waals surface area contributed by atoms with Crippen LogP contribution in [0.3, 0.4) is 0 Å². The number of carbonyl (C=O) groups is 2. The standard InChI is InChI=1S/C28H28N4O4S/c1-3-36-28(34)22-19-24(32(29-22)23-7-4-5-8-25(23)35-2)20-10-12-21(13-11-20)30-14-16-31(17-15-30)27(33)26-9-6-18-37-26/h4-13,18-19H,3,14-17H2,1-2H3. The lowest BCUT2D eigenvalue weighted by atomic mass is 10.1. The molecule has 1 fully saturated rings. The van der Waals surface area contributed by atoms with Crippen molar-refractivity contribution in [2.24, 2.45) is 0 Å². The molecular weight excluding hydrogens is 488 g/mol. The summed E-state index contributed by atoms with van der Waals surface area (Å²) in [6.07, 6.45) is 0. The predicted octanol–water partition coefficient (Wildman–Crippen LogP) is 4.75. The molecule has 9 heteroatoms. The van der Waals surface area contributed by atoms with Crippen LogP contribution in [-0.2, 0) is 4.74 Å². The van der Waals surface area contributed by atoms with E-state index in [-0.39, 0.29) is 18.2 Å². The van der Waals surface area contributed by atoms with Crippen molar-refractivity contribution >= 4 is 28.9 Å². The largest absolute Gasteiger partial charge is 0.494 e. The van der Waals surface area contributed by atoms with Crippen LogP contribution in [0.15, 0.2) is 72.1 Å². The summed E-state index contributed by atoms with van der Waals surface area (Å²) in [4.78, 5) is 30.1. The number of ether oxygens (including phenoxy) is 2. The highest BCUT2D eigenvalue weighted by molar-refractivity contribution is 7.12. The van der Waals surface area contributed by atoms with E-state index in [0.717, 1.165) is 40.6 Å². The molecular formula is C28H28N4O4S. The van der Waals surface area contributed by atoms with E-state index in [9.17, 15) is 9.59 Å². The molecule has 1 amide bonds. The molecule has 0 N–H and O–H groups in total. The molecule has 5 rings (SSSR count). The molecule has 0 saturated carbocycles. The van der Waals surface area contributed by atoms with Crippen LogP contribution in [0.2, 0.25) is 0 Å². The topological polar surface area (TPSA) is 76.9 Å².